The van der Waals surface area contributed by atoms with E-state index in [-0.39, 0.29) is 12.3 Å². The van der Waals surface area contributed by atoms with Crippen molar-refractivity contribution in [1.29, 1.82) is 0 Å². The summed E-state index contributed by atoms with van der Waals surface area (Å²) >= 11 is 8.09. The van der Waals surface area contributed by atoms with Gasteiger partial charge in [-0.1, -0.05) is 11.6 Å². The van der Waals surface area contributed by atoms with Gasteiger partial charge in [-0.25, -0.2) is 0 Å². The summed E-state index contributed by atoms with van der Waals surface area (Å²) in [5.74, 6) is -0.804. The molecule has 114 valence electrons. The molecule has 1 fully saturated rings. The molecule has 1 aromatic carbocycles. The molecule has 5 nitrogen and oxygen atoms in total. The van der Waals surface area contributed by atoms with Gasteiger partial charge in [-0.3, -0.25) is 14.5 Å². The van der Waals surface area contributed by atoms with Gasteiger partial charge in [-0.05, 0) is 40.8 Å². The average Bonchev–Trinajstić information content (AvgIpc) is 2.47. The molecule has 0 aromatic heterocycles. The van der Waals surface area contributed by atoms with Gasteiger partial charge in [0.1, 0.15) is 0 Å². The predicted molar refractivity (Wildman–Crippen MR) is 88.8 cm³/mol. The summed E-state index contributed by atoms with van der Waals surface area (Å²) in [5.41, 5.74) is 0.627. The van der Waals surface area contributed by atoms with Crippen molar-refractivity contribution >= 4 is 46.1 Å². The van der Waals surface area contributed by atoms with Crippen molar-refractivity contribution in [1.82, 2.24) is 9.80 Å². The number of amides is 1. The van der Waals surface area contributed by atoms with Crippen LogP contribution in [0.5, 0.6) is 0 Å². The van der Waals surface area contributed by atoms with Crippen LogP contribution in [0.4, 0.5) is 0 Å². The quantitative estimate of drug-likeness (QED) is 0.756. The zero-order chi connectivity index (χ0) is 15.4. The highest BCUT2D eigenvalue weighted by Crippen LogP contribution is 2.20. The highest BCUT2D eigenvalue weighted by atomic mass is 127. The molecule has 0 atom stereocenters. The van der Waals surface area contributed by atoms with E-state index in [1.165, 1.54) is 0 Å². The number of carboxylic acids is 1. The van der Waals surface area contributed by atoms with E-state index in [2.05, 4.69) is 27.5 Å². The number of carbonyl (C=O) groups excluding carboxylic acids is 1. The largest absolute Gasteiger partial charge is 0.481 e. The van der Waals surface area contributed by atoms with Crippen molar-refractivity contribution < 1.29 is 14.7 Å². The number of nitrogens with zero attached hydrogens (tertiary/aromatic N) is 2. The van der Waals surface area contributed by atoms with Gasteiger partial charge in [-0.2, -0.15) is 0 Å². The van der Waals surface area contributed by atoms with Gasteiger partial charge in [0.2, 0.25) is 0 Å². The number of carboxylic acid groups (broad SMARTS) is 1. The second-order valence-corrected chi connectivity index (χ2v) is 6.50. The third-order valence-electron chi connectivity index (χ3n) is 3.46. The van der Waals surface area contributed by atoms with Crippen molar-refractivity contribution in [2.45, 2.75) is 6.42 Å². The summed E-state index contributed by atoms with van der Waals surface area (Å²) in [6, 6.07) is 5.30. The van der Waals surface area contributed by atoms with Crippen LogP contribution in [0.1, 0.15) is 16.8 Å². The summed E-state index contributed by atoms with van der Waals surface area (Å²) in [6.07, 6.45) is 0.139. The smallest absolute Gasteiger partial charge is 0.304 e. The molecule has 0 bridgehead atoms. The lowest BCUT2D eigenvalue weighted by Gasteiger charge is -2.34. The molecule has 0 unspecified atom stereocenters. The average molecular weight is 423 g/mol. The summed E-state index contributed by atoms with van der Waals surface area (Å²) in [6.45, 7) is 3.17. The monoisotopic (exact) mass is 422 g/mol. The number of hydrogen-bond donors (Lipinski definition) is 1. The number of rotatable bonds is 4. The number of halogens is 2. The molecule has 1 aromatic rings. The van der Waals surface area contributed by atoms with E-state index in [0.29, 0.717) is 43.3 Å². The molecule has 0 radical (unpaired) electrons. The summed E-state index contributed by atoms with van der Waals surface area (Å²) in [5, 5.41) is 9.24. The summed E-state index contributed by atoms with van der Waals surface area (Å²) in [4.78, 5) is 26.9. The first-order valence-electron chi connectivity index (χ1n) is 6.66. The van der Waals surface area contributed by atoms with Crippen molar-refractivity contribution in [2.75, 3.05) is 32.7 Å². The first-order valence-corrected chi connectivity index (χ1v) is 8.11. The Morgan fingerprint density at radius 2 is 1.90 bits per heavy atom. The van der Waals surface area contributed by atoms with Crippen LogP contribution in [-0.2, 0) is 4.79 Å². The first kappa shape index (κ1) is 16.5. The van der Waals surface area contributed by atoms with Gasteiger partial charge in [0.25, 0.3) is 5.91 Å². The molecule has 0 aliphatic carbocycles. The van der Waals surface area contributed by atoms with E-state index in [9.17, 15) is 9.59 Å². The number of carbonyl (C=O) groups is 2. The molecule has 21 heavy (non-hydrogen) atoms. The maximum Gasteiger partial charge on any atom is 0.304 e. The van der Waals surface area contributed by atoms with E-state index in [4.69, 9.17) is 16.7 Å². The summed E-state index contributed by atoms with van der Waals surface area (Å²) < 4.78 is 0.885. The topological polar surface area (TPSA) is 60.9 Å². The fourth-order valence-electron chi connectivity index (χ4n) is 2.26. The van der Waals surface area contributed by atoms with Crippen molar-refractivity contribution in [3.8, 4) is 0 Å². The first-order chi connectivity index (χ1) is 9.97. The van der Waals surface area contributed by atoms with E-state index in [1.807, 2.05) is 6.07 Å². The van der Waals surface area contributed by atoms with Crippen molar-refractivity contribution in [3.63, 3.8) is 0 Å². The molecule has 1 aliphatic rings. The number of aliphatic carboxylic acids is 1. The molecule has 7 heteroatoms. The van der Waals surface area contributed by atoms with Gasteiger partial charge < -0.3 is 10.0 Å². The lowest BCUT2D eigenvalue weighted by atomic mass is 10.2. The summed E-state index contributed by atoms with van der Waals surface area (Å²) in [7, 11) is 0. The third kappa shape index (κ3) is 4.55. The van der Waals surface area contributed by atoms with E-state index in [0.717, 1.165) is 3.57 Å². The Kier molecular flexibility index (Phi) is 5.83. The van der Waals surface area contributed by atoms with Crippen LogP contribution >= 0.6 is 34.2 Å². The van der Waals surface area contributed by atoms with Gasteiger partial charge in [0, 0.05) is 41.3 Å². The predicted octanol–water partition coefficient (Wildman–Crippen LogP) is 2.18. The van der Waals surface area contributed by atoms with Crippen LogP contribution in [0.25, 0.3) is 0 Å². The highest BCUT2D eigenvalue weighted by molar-refractivity contribution is 14.1. The van der Waals surface area contributed by atoms with Gasteiger partial charge in [0.15, 0.2) is 0 Å². The molecule has 2 rings (SSSR count). The van der Waals surface area contributed by atoms with Crippen LogP contribution in [0, 0.1) is 3.57 Å². The minimum Gasteiger partial charge on any atom is -0.481 e. The Morgan fingerprint density at radius 3 is 2.52 bits per heavy atom. The second kappa shape index (κ2) is 7.42. The molecule has 1 amide bonds. The SMILES string of the molecule is O=C(O)CCN1CCN(C(=O)c2cc(Cl)ccc2I)CC1. The molecular weight excluding hydrogens is 407 g/mol. The number of hydrogen-bond acceptors (Lipinski definition) is 3. The Balaban J connectivity index is 1.94. The van der Waals surface area contributed by atoms with Crippen LogP contribution in [0.2, 0.25) is 5.02 Å². The minimum absolute atomic E-state index is 0.0141. The van der Waals surface area contributed by atoms with Crippen LogP contribution in [0.3, 0.4) is 0 Å². The highest BCUT2D eigenvalue weighted by Gasteiger charge is 2.23. The molecule has 1 heterocycles. The van der Waals surface area contributed by atoms with Crippen LogP contribution in [-0.4, -0.2) is 59.5 Å². The second-order valence-electron chi connectivity index (χ2n) is 4.90. The third-order valence-corrected chi connectivity index (χ3v) is 4.64. The molecule has 1 saturated heterocycles. The zero-order valence-electron chi connectivity index (χ0n) is 11.4. The maximum absolute atomic E-state index is 12.5. The van der Waals surface area contributed by atoms with E-state index >= 15 is 0 Å². The zero-order valence-corrected chi connectivity index (χ0v) is 14.3. The van der Waals surface area contributed by atoms with Gasteiger partial charge in [0.05, 0.1) is 12.0 Å². The van der Waals surface area contributed by atoms with Crippen LogP contribution in [0.15, 0.2) is 18.2 Å². The van der Waals surface area contributed by atoms with E-state index in [1.54, 1.807) is 17.0 Å². The molecule has 1 N–H and O–H groups in total. The maximum atomic E-state index is 12.5. The fraction of sp³-hybridized carbons (Fsp3) is 0.429. The molecule has 1 aliphatic heterocycles. The Hall–Kier alpha value is -0.860. The minimum atomic E-state index is -0.790. The Bertz CT molecular complexity index is 545. The standard InChI is InChI=1S/C14H16ClIN2O3/c15-10-1-2-12(16)11(9-10)14(21)18-7-5-17(6-8-18)4-3-13(19)20/h1-2,9H,3-8H2,(H,19,20). The van der Waals surface area contributed by atoms with E-state index < -0.39 is 5.97 Å². The number of piperazine rings is 1. The fourth-order valence-corrected chi connectivity index (χ4v) is 3.00. The molecule has 0 saturated carbocycles. The van der Waals surface area contributed by atoms with Crippen molar-refractivity contribution in [3.05, 3.63) is 32.4 Å². The lowest BCUT2D eigenvalue weighted by molar-refractivity contribution is -0.137. The van der Waals surface area contributed by atoms with Gasteiger partial charge >= 0.3 is 5.97 Å². The van der Waals surface area contributed by atoms with Crippen molar-refractivity contribution in [2.24, 2.45) is 0 Å². The number of benzene rings is 1. The van der Waals surface area contributed by atoms with Gasteiger partial charge in [-0.15, -0.1) is 0 Å². The Morgan fingerprint density at radius 1 is 1.24 bits per heavy atom. The van der Waals surface area contributed by atoms with Crippen LogP contribution < -0.4 is 0 Å². The molecule has 0 spiro atoms. The Labute approximate surface area is 142 Å². The molecular formula is C14H16ClIN2O3. The normalized spacial score (nSPS) is 16.0. The lowest BCUT2D eigenvalue weighted by Crippen LogP contribution is -2.49.